The lowest BCUT2D eigenvalue weighted by Crippen LogP contribution is -2.45. The Bertz CT molecular complexity index is 2000. The van der Waals surface area contributed by atoms with Crippen LogP contribution >= 0.6 is 0 Å². The molecule has 2 aromatic heterocycles. The van der Waals surface area contributed by atoms with E-state index in [1.54, 1.807) is 37.4 Å². The smallest absolute Gasteiger partial charge is 0.426 e. The summed E-state index contributed by atoms with van der Waals surface area (Å²) in [5, 5.41) is 7.34. The minimum atomic E-state index is -5.17. The molecule has 4 bridgehead atoms. The lowest BCUT2D eigenvalue weighted by atomic mass is 9.95. The third kappa shape index (κ3) is 12.7. The molecule has 0 radical (unpaired) electrons. The number of imide groups is 1. The normalized spacial score (nSPS) is 16.7. The quantitative estimate of drug-likeness (QED) is 0.136. The Kier molecular flexibility index (Phi) is 14.9. The van der Waals surface area contributed by atoms with Crippen LogP contribution in [0.2, 0.25) is 0 Å². The Morgan fingerprint density at radius 3 is 1.83 bits per heavy atom. The first-order chi connectivity index (χ1) is 27.5. The number of nitrogens with zero attached hydrogens (tertiary/aromatic N) is 4. The van der Waals surface area contributed by atoms with E-state index in [9.17, 15) is 22.8 Å². The van der Waals surface area contributed by atoms with Gasteiger partial charge in [0.15, 0.2) is 5.69 Å². The molecular weight excluding hydrogens is 790 g/mol. The number of benzene rings is 2. The zero-order chi connectivity index (χ0) is 43.6. The molecule has 1 atom stereocenters. The Morgan fingerprint density at radius 1 is 0.780 bits per heavy atom. The molecule has 12 nitrogen and oxygen atoms in total. The van der Waals surface area contributed by atoms with Crippen LogP contribution in [0.15, 0.2) is 83.3 Å². The summed E-state index contributed by atoms with van der Waals surface area (Å²) in [5.74, 6) is -3.02. The second kappa shape index (κ2) is 19.1. The second-order valence-electron chi connectivity index (χ2n) is 15.1. The predicted octanol–water partition coefficient (Wildman–Crippen LogP) is 10.8. The van der Waals surface area contributed by atoms with Gasteiger partial charge >= 0.3 is 24.5 Å². The Labute approximate surface area is 337 Å². The summed E-state index contributed by atoms with van der Waals surface area (Å²) >= 11 is 0. The molecule has 320 valence electrons. The van der Waals surface area contributed by atoms with Crippen LogP contribution in [0.1, 0.15) is 83.4 Å². The topological polar surface area (TPSA) is 135 Å². The van der Waals surface area contributed by atoms with Gasteiger partial charge in [-0.3, -0.25) is 0 Å². The Balaban J connectivity index is 0.000000753. The van der Waals surface area contributed by atoms with E-state index in [1.165, 1.54) is 59.3 Å². The number of methoxy groups -OCH3 is 1. The van der Waals surface area contributed by atoms with Crippen molar-refractivity contribution in [3.63, 3.8) is 0 Å². The summed E-state index contributed by atoms with van der Waals surface area (Å²) in [6.45, 7) is 8.41. The minimum Gasteiger partial charge on any atom is -0.477 e. The number of fused-ring (bicyclic) bond motifs is 5. The van der Waals surface area contributed by atoms with Crippen molar-refractivity contribution in [3.8, 4) is 17.5 Å². The van der Waals surface area contributed by atoms with E-state index in [1.807, 2.05) is 30.3 Å². The summed E-state index contributed by atoms with van der Waals surface area (Å²) in [6.07, 6.45) is -11.5. The number of carbonyl (C=O) groups excluding carboxylic acids is 2. The fourth-order valence-electron chi connectivity index (χ4n) is 5.35. The van der Waals surface area contributed by atoms with Gasteiger partial charge in [0.2, 0.25) is 11.5 Å². The maximum atomic E-state index is 15.1. The number of ether oxygens (including phenoxy) is 5. The molecular formula is C41H46F6N4O8. The molecule has 0 fully saturated rings. The second-order valence-corrected chi connectivity index (χ2v) is 15.1. The van der Waals surface area contributed by atoms with Crippen LogP contribution in [0.5, 0.6) is 5.88 Å². The number of carbonyl (C=O) groups is 2. The van der Waals surface area contributed by atoms with Gasteiger partial charge in [-0.25, -0.2) is 14.6 Å². The number of alkyl halides is 6. The zero-order valence-electron chi connectivity index (χ0n) is 33.6. The molecule has 5 rings (SSSR count). The highest BCUT2D eigenvalue weighted by atomic mass is 19.4. The van der Waals surface area contributed by atoms with Crippen LogP contribution in [0, 0.1) is 0 Å². The van der Waals surface area contributed by atoms with E-state index in [0.29, 0.717) is 18.2 Å². The molecule has 0 N–H and O–H groups in total. The Morgan fingerprint density at radius 2 is 1.32 bits per heavy atom. The third-order valence-corrected chi connectivity index (χ3v) is 7.93. The Hall–Kier alpha value is -5.49. The summed E-state index contributed by atoms with van der Waals surface area (Å²) in [7, 11) is 1.70. The van der Waals surface area contributed by atoms with Gasteiger partial charge in [-0.1, -0.05) is 72.8 Å². The lowest BCUT2D eigenvalue weighted by molar-refractivity contribution is -0.299. The van der Waals surface area contributed by atoms with Crippen molar-refractivity contribution in [2.24, 2.45) is 0 Å². The highest BCUT2D eigenvalue weighted by Crippen LogP contribution is 2.48. The number of anilines is 1. The number of rotatable bonds is 6. The van der Waals surface area contributed by atoms with Crippen molar-refractivity contribution < 1.29 is 64.0 Å². The van der Waals surface area contributed by atoms with Crippen molar-refractivity contribution in [1.82, 2.24) is 15.2 Å². The highest BCUT2D eigenvalue weighted by molar-refractivity contribution is 6.11. The van der Waals surface area contributed by atoms with Crippen LogP contribution in [0.3, 0.4) is 0 Å². The van der Waals surface area contributed by atoms with Gasteiger partial charge in [0, 0.05) is 7.11 Å². The van der Waals surface area contributed by atoms with Gasteiger partial charge in [-0.15, -0.1) is 10.2 Å². The molecule has 0 aliphatic carbocycles. The number of pyridine rings is 1. The average molecular weight is 837 g/mol. The maximum absolute atomic E-state index is 15.1. The van der Waals surface area contributed by atoms with E-state index >= 15 is 13.2 Å². The summed E-state index contributed by atoms with van der Waals surface area (Å²) in [4.78, 5) is 31.1. The molecule has 2 aromatic carbocycles. The van der Waals surface area contributed by atoms with Gasteiger partial charge in [-0.2, -0.15) is 31.2 Å². The molecule has 1 aliphatic rings. The monoisotopic (exact) mass is 836 g/mol. The van der Waals surface area contributed by atoms with Gasteiger partial charge in [0.1, 0.15) is 16.8 Å². The highest BCUT2D eigenvalue weighted by Gasteiger charge is 2.61. The fraction of sp³-hybridized carbons (Fsp3) is 0.439. The number of halogens is 6. The van der Waals surface area contributed by atoms with Crippen molar-refractivity contribution in [2.45, 2.75) is 103 Å². The number of hydrogen-bond donors (Lipinski definition) is 0. The van der Waals surface area contributed by atoms with Crippen LogP contribution in [0.25, 0.3) is 11.6 Å². The molecule has 4 aromatic rings. The largest absolute Gasteiger partial charge is 0.477 e. The molecule has 18 heteroatoms. The minimum absolute atomic E-state index is 0.0136. The number of hydrogen-bond acceptors (Lipinski definition) is 11. The number of allylic oxidation sites excluding steroid dienone is 1. The van der Waals surface area contributed by atoms with Crippen molar-refractivity contribution in [2.75, 3.05) is 18.6 Å². The molecule has 59 heavy (non-hydrogen) atoms. The molecule has 0 saturated carbocycles. The predicted molar refractivity (Wildman–Crippen MR) is 202 cm³/mol. The number of aromatic nitrogens is 3. The third-order valence-electron chi connectivity index (χ3n) is 7.93. The van der Waals surface area contributed by atoms with Gasteiger partial charge in [0.25, 0.3) is 11.8 Å². The van der Waals surface area contributed by atoms with Crippen LogP contribution in [-0.4, -0.2) is 58.5 Å². The van der Waals surface area contributed by atoms with E-state index in [-0.39, 0.29) is 24.3 Å². The van der Waals surface area contributed by atoms with Crippen LogP contribution in [0.4, 0.5) is 41.6 Å². The molecule has 1 aliphatic heterocycles. The molecule has 1 unspecified atom stereocenters. The van der Waals surface area contributed by atoms with E-state index in [0.717, 1.165) is 0 Å². The van der Waals surface area contributed by atoms with E-state index in [4.69, 9.17) is 28.1 Å². The van der Waals surface area contributed by atoms with Crippen LogP contribution < -0.4 is 9.64 Å². The van der Waals surface area contributed by atoms with Crippen molar-refractivity contribution in [3.05, 3.63) is 101 Å². The molecule has 0 saturated heterocycles. The van der Waals surface area contributed by atoms with Crippen molar-refractivity contribution >= 4 is 17.9 Å². The SMILES string of the molecule is CC(C)(C)OC(=O)N(C(=O)OC(C)(C)C)c1cc(C(F)(F)F)c2nc1-c1nnc(o1)C(OCc1ccccc1)(C(F)(F)F)CC/C=C\CCO2.COCc1ccccc1. The number of amides is 2. The molecule has 2 amide bonds. The van der Waals surface area contributed by atoms with Gasteiger partial charge in [-0.05, 0) is 78.0 Å². The first kappa shape index (κ1) is 46.2. The van der Waals surface area contributed by atoms with E-state index < -0.39 is 89.0 Å². The van der Waals surface area contributed by atoms with Crippen molar-refractivity contribution in [1.29, 1.82) is 0 Å². The maximum Gasteiger partial charge on any atom is 0.426 e. The summed E-state index contributed by atoms with van der Waals surface area (Å²) < 4.78 is 121. The van der Waals surface area contributed by atoms with E-state index in [2.05, 4.69) is 15.2 Å². The summed E-state index contributed by atoms with van der Waals surface area (Å²) in [6, 6.07) is 18.4. The standard InChI is InChI=1S/C33H36F6N4O7.C8H10O/c1-29(2,3)49-27(44)43(28(45)50-30(4,5)6)22-18-21(32(34,35)36)24-40-23(22)25-41-42-26(48-25)31(33(37,38)39,16-12-7-8-13-17-46-24)47-19-20-14-10-9-11-15-20;1-9-7-8-5-3-2-4-6-8/h7-11,14-15,18H,12-13,16-17,19H2,1-6H3;2-6H,7H2,1H3/b8-7-;. The summed E-state index contributed by atoms with van der Waals surface area (Å²) in [5.41, 5.74) is -7.42. The lowest BCUT2D eigenvalue weighted by Gasteiger charge is -2.32. The fourth-order valence-corrected chi connectivity index (χ4v) is 5.35. The zero-order valence-corrected chi connectivity index (χ0v) is 33.6. The molecule has 3 heterocycles. The first-order valence-electron chi connectivity index (χ1n) is 18.3. The average Bonchev–Trinajstić information content (AvgIpc) is 3.62. The first-order valence-corrected chi connectivity index (χ1v) is 18.3. The van der Waals surface area contributed by atoms with Gasteiger partial charge in [0.05, 0.1) is 25.5 Å². The van der Waals surface area contributed by atoms with Gasteiger partial charge < -0.3 is 28.1 Å². The molecule has 0 spiro atoms. The van der Waals surface area contributed by atoms with Crippen LogP contribution in [-0.2, 0) is 43.9 Å².